The van der Waals surface area contributed by atoms with Crippen molar-refractivity contribution in [3.05, 3.63) is 35.4 Å². The largest absolute Gasteiger partial charge is 0.481 e. The van der Waals surface area contributed by atoms with Crippen LogP contribution in [-0.2, 0) is 9.59 Å². The molecule has 0 aromatic heterocycles. The Hall–Kier alpha value is -1.88. The highest BCUT2D eigenvalue weighted by Gasteiger charge is 2.17. The molecule has 0 radical (unpaired) electrons. The summed E-state index contributed by atoms with van der Waals surface area (Å²) in [6, 6.07) is 7.60. The van der Waals surface area contributed by atoms with Gasteiger partial charge in [-0.1, -0.05) is 29.8 Å². The van der Waals surface area contributed by atoms with E-state index in [1.807, 2.05) is 38.1 Å². The van der Waals surface area contributed by atoms with Gasteiger partial charge in [-0.05, 0) is 32.3 Å². The summed E-state index contributed by atoms with van der Waals surface area (Å²) in [5.74, 6) is -0.881. The van der Waals surface area contributed by atoms with Crippen molar-refractivity contribution >= 4 is 11.9 Å². The Kier molecular flexibility index (Phi) is 7.60. The highest BCUT2D eigenvalue weighted by molar-refractivity contribution is 5.76. The Bertz CT molecular complexity index is 484. The number of aliphatic hydroxyl groups is 1. The molecule has 0 aliphatic rings. The molecule has 1 atom stereocenters. The number of unbranched alkanes of at least 4 members (excludes halogenated alkanes) is 1. The van der Waals surface area contributed by atoms with E-state index in [1.165, 1.54) is 0 Å². The molecule has 0 fully saturated rings. The Labute approximate surface area is 131 Å². The molecule has 0 spiro atoms. The number of amides is 1. The minimum Gasteiger partial charge on any atom is -0.481 e. The van der Waals surface area contributed by atoms with Gasteiger partial charge in [0.15, 0.2) is 0 Å². The maximum absolute atomic E-state index is 12.1. The monoisotopic (exact) mass is 307 g/mol. The third-order valence-corrected chi connectivity index (χ3v) is 3.62. The van der Waals surface area contributed by atoms with Gasteiger partial charge in [0.2, 0.25) is 5.91 Å². The number of aryl methyl sites for hydroxylation is 1. The van der Waals surface area contributed by atoms with Crippen LogP contribution in [0.4, 0.5) is 0 Å². The predicted octanol–water partition coefficient (Wildman–Crippen LogP) is 2.52. The zero-order valence-corrected chi connectivity index (χ0v) is 13.3. The van der Waals surface area contributed by atoms with Gasteiger partial charge in [0, 0.05) is 19.4 Å². The van der Waals surface area contributed by atoms with Crippen molar-refractivity contribution in [1.29, 1.82) is 0 Å². The highest BCUT2D eigenvalue weighted by atomic mass is 16.4. The molecule has 1 rings (SSSR count). The van der Waals surface area contributed by atoms with Crippen molar-refractivity contribution in [2.75, 3.05) is 13.1 Å². The Balaban J connectivity index is 2.47. The van der Waals surface area contributed by atoms with E-state index < -0.39 is 12.1 Å². The summed E-state index contributed by atoms with van der Waals surface area (Å²) in [4.78, 5) is 24.2. The number of aliphatic hydroxyl groups excluding tert-OH is 1. The number of carbonyl (C=O) groups is 2. The van der Waals surface area contributed by atoms with Crippen molar-refractivity contribution in [3.8, 4) is 0 Å². The third kappa shape index (κ3) is 6.26. The second-order valence-corrected chi connectivity index (χ2v) is 5.46. The maximum atomic E-state index is 12.1. The molecular weight excluding hydrogens is 282 g/mol. The molecule has 22 heavy (non-hydrogen) atoms. The first-order valence-corrected chi connectivity index (χ1v) is 7.68. The average molecular weight is 307 g/mol. The van der Waals surface area contributed by atoms with Crippen molar-refractivity contribution in [3.63, 3.8) is 0 Å². The number of aliphatic carboxylic acids is 1. The lowest BCUT2D eigenvalue weighted by Gasteiger charge is -2.24. The number of rotatable bonds is 9. The molecule has 5 nitrogen and oxygen atoms in total. The fourth-order valence-corrected chi connectivity index (χ4v) is 2.22. The maximum Gasteiger partial charge on any atom is 0.303 e. The van der Waals surface area contributed by atoms with Crippen molar-refractivity contribution < 1.29 is 19.8 Å². The van der Waals surface area contributed by atoms with Crippen LogP contribution < -0.4 is 0 Å². The van der Waals surface area contributed by atoms with Gasteiger partial charge in [-0.3, -0.25) is 9.59 Å². The van der Waals surface area contributed by atoms with Crippen LogP contribution in [-0.4, -0.2) is 40.1 Å². The van der Waals surface area contributed by atoms with Gasteiger partial charge in [-0.15, -0.1) is 0 Å². The van der Waals surface area contributed by atoms with Gasteiger partial charge in [0.1, 0.15) is 0 Å². The Morgan fingerprint density at radius 1 is 1.14 bits per heavy atom. The zero-order valence-electron chi connectivity index (χ0n) is 13.3. The second-order valence-electron chi connectivity index (χ2n) is 5.46. The molecule has 1 unspecified atom stereocenters. The fourth-order valence-electron chi connectivity index (χ4n) is 2.22. The number of hydrogen-bond donors (Lipinski definition) is 2. The first kappa shape index (κ1) is 18.2. The molecule has 0 saturated heterocycles. The normalized spacial score (nSPS) is 12.0. The zero-order chi connectivity index (χ0) is 16.5. The predicted molar refractivity (Wildman–Crippen MR) is 84.5 cm³/mol. The lowest BCUT2D eigenvalue weighted by Crippen LogP contribution is -2.34. The molecule has 1 aromatic rings. The summed E-state index contributed by atoms with van der Waals surface area (Å²) >= 11 is 0. The topological polar surface area (TPSA) is 77.8 Å². The third-order valence-electron chi connectivity index (χ3n) is 3.62. The summed E-state index contributed by atoms with van der Waals surface area (Å²) in [6.07, 6.45) is 0.762. The fraction of sp³-hybridized carbons (Fsp3) is 0.529. The molecule has 0 heterocycles. The van der Waals surface area contributed by atoms with E-state index in [2.05, 4.69) is 0 Å². The summed E-state index contributed by atoms with van der Waals surface area (Å²) in [5.41, 5.74) is 1.92. The van der Waals surface area contributed by atoms with Gasteiger partial charge in [-0.25, -0.2) is 0 Å². The van der Waals surface area contributed by atoms with Crippen LogP contribution in [0.2, 0.25) is 0 Å². The van der Waals surface area contributed by atoms with Crippen LogP contribution in [0.15, 0.2) is 24.3 Å². The standard InChI is InChI=1S/C17H25NO4/c1-3-18(16(20)6-4-5-7-17(21)22)12-15(19)14-10-8-13(2)9-11-14/h8-11,15,19H,3-7,12H2,1-2H3,(H,21,22). The second kappa shape index (κ2) is 9.20. The number of hydrogen-bond acceptors (Lipinski definition) is 3. The number of carboxylic acid groups (broad SMARTS) is 1. The minimum atomic E-state index is -0.838. The van der Waals surface area contributed by atoms with Crippen molar-refractivity contribution in [1.82, 2.24) is 4.90 Å². The molecular formula is C17H25NO4. The van der Waals surface area contributed by atoms with E-state index in [4.69, 9.17) is 5.11 Å². The number of carboxylic acids is 1. The lowest BCUT2D eigenvalue weighted by atomic mass is 10.1. The molecule has 122 valence electrons. The number of carbonyl (C=O) groups excluding carboxylic acids is 1. The van der Waals surface area contributed by atoms with Crippen molar-refractivity contribution in [2.24, 2.45) is 0 Å². The summed E-state index contributed by atoms with van der Waals surface area (Å²) < 4.78 is 0. The molecule has 0 aliphatic carbocycles. The van der Waals surface area contributed by atoms with Crippen LogP contribution in [0.5, 0.6) is 0 Å². The molecule has 0 saturated carbocycles. The van der Waals surface area contributed by atoms with E-state index in [0.717, 1.165) is 11.1 Å². The van der Waals surface area contributed by atoms with Crippen LogP contribution in [0.3, 0.4) is 0 Å². The number of benzene rings is 1. The van der Waals surface area contributed by atoms with Crippen LogP contribution >= 0.6 is 0 Å². The molecule has 5 heteroatoms. The van der Waals surface area contributed by atoms with Crippen LogP contribution in [0, 0.1) is 6.92 Å². The summed E-state index contributed by atoms with van der Waals surface area (Å²) in [7, 11) is 0. The van der Waals surface area contributed by atoms with E-state index >= 15 is 0 Å². The van der Waals surface area contributed by atoms with Crippen LogP contribution in [0.1, 0.15) is 49.8 Å². The Morgan fingerprint density at radius 3 is 2.27 bits per heavy atom. The summed E-state index contributed by atoms with van der Waals surface area (Å²) in [5, 5.41) is 18.8. The molecule has 0 bridgehead atoms. The molecule has 1 aromatic carbocycles. The SMILES string of the molecule is CCN(CC(O)c1ccc(C)cc1)C(=O)CCCCC(=O)O. The number of likely N-dealkylation sites (N-methyl/N-ethyl adjacent to an activating group) is 1. The van der Waals surface area contributed by atoms with E-state index in [1.54, 1.807) is 4.90 Å². The van der Waals surface area contributed by atoms with E-state index in [9.17, 15) is 14.7 Å². The van der Waals surface area contributed by atoms with Gasteiger partial charge >= 0.3 is 5.97 Å². The quantitative estimate of drug-likeness (QED) is 0.687. The smallest absolute Gasteiger partial charge is 0.303 e. The van der Waals surface area contributed by atoms with Gasteiger partial charge < -0.3 is 15.1 Å². The van der Waals surface area contributed by atoms with Gasteiger partial charge in [-0.2, -0.15) is 0 Å². The highest BCUT2D eigenvalue weighted by Crippen LogP contribution is 2.16. The van der Waals surface area contributed by atoms with E-state index in [0.29, 0.717) is 25.8 Å². The van der Waals surface area contributed by atoms with Gasteiger partial charge in [0.05, 0.1) is 12.6 Å². The first-order chi connectivity index (χ1) is 10.4. The summed E-state index contributed by atoms with van der Waals surface area (Å²) in [6.45, 7) is 4.64. The van der Waals surface area contributed by atoms with Crippen molar-refractivity contribution in [2.45, 2.75) is 45.6 Å². The van der Waals surface area contributed by atoms with Crippen LogP contribution in [0.25, 0.3) is 0 Å². The average Bonchev–Trinajstić information content (AvgIpc) is 2.49. The molecule has 1 amide bonds. The first-order valence-electron chi connectivity index (χ1n) is 7.68. The Morgan fingerprint density at radius 2 is 1.73 bits per heavy atom. The molecule has 2 N–H and O–H groups in total. The lowest BCUT2D eigenvalue weighted by molar-refractivity contribution is -0.137. The van der Waals surface area contributed by atoms with Gasteiger partial charge in [0.25, 0.3) is 0 Å². The minimum absolute atomic E-state index is 0.0425. The van der Waals surface area contributed by atoms with E-state index in [-0.39, 0.29) is 18.9 Å². The molecule has 0 aliphatic heterocycles. The number of nitrogens with zero attached hydrogens (tertiary/aromatic N) is 1.